The molecule has 1 aromatic heterocycles. The van der Waals surface area contributed by atoms with Gasteiger partial charge in [-0.1, -0.05) is 71.9 Å². The number of aryl methyl sites for hydroxylation is 1. The van der Waals surface area contributed by atoms with Crippen LogP contribution in [0.25, 0.3) is 11.3 Å². The largest absolute Gasteiger partial charge is 0.507 e. The van der Waals surface area contributed by atoms with Crippen molar-refractivity contribution in [3.05, 3.63) is 76.5 Å². The first-order valence-electron chi connectivity index (χ1n) is 11.2. The van der Waals surface area contributed by atoms with Crippen LogP contribution < -0.4 is 5.73 Å². The molecule has 0 spiro atoms. The fraction of sp³-hybridized carbons (Fsp3) is 0.393. The second kappa shape index (κ2) is 8.50. The molecule has 0 saturated heterocycles. The molecule has 3 N–H and O–H groups in total. The van der Waals surface area contributed by atoms with Gasteiger partial charge in [0.1, 0.15) is 5.75 Å². The Balaban J connectivity index is 2.22. The fourth-order valence-electron chi connectivity index (χ4n) is 4.23. The number of phenols is 1. The fourth-order valence-corrected chi connectivity index (χ4v) is 4.23. The molecule has 3 rings (SSSR count). The number of aromatic hydroxyl groups is 1. The number of rotatable bonds is 5. The predicted molar refractivity (Wildman–Crippen MR) is 132 cm³/mol. The van der Waals surface area contributed by atoms with Crippen molar-refractivity contribution < 1.29 is 9.90 Å². The summed E-state index contributed by atoms with van der Waals surface area (Å²) >= 11 is 0. The van der Waals surface area contributed by atoms with Gasteiger partial charge in [0.05, 0.1) is 5.56 Å². The number of hydrogen-bond donors (Lipinski definition) is 2. The third-order valence-electron chi connectivity index (χ3n) is 6.12. The molecule has 2 aromatic carbocycles. The van der Waals surface area contributed by atoms with E-state index in [0.29, 0.717) is 11.3 Å². The van der Waals surface area contributed by atoms with Crippen LogP contribution in [0.5, 0.6) is 5.75 Å². The van der Waals surface area contributed by atoms with Crippen LogP contribution >= 0.6 is 0 Å². The summed E-state index contributed by atoms with van der Waals surface area (Å²) in [5.41, 5.74) is 11.6. The molecule has 32 heavy (non-hydrogen) atoms. The van der Waals surface area contributed by atoms with E-state index in [2.05, 4.69) is 70.4 Å². The first-order valence-corrected chi connectivity index (χ1v) is 11.2. The van der Waals surface area contributed by atoms with Gasteiger partial charge >= 0.3 is 0 Å². The highest BCUT2D eigenvalue weighted by Crippen LogP contribution is 2.42. The molecule has 1 amide bonds. The van der Waals surface area contributed by atoms with Crippen molar-refractivity contribution in [1.82, 2.24) is 4.57 Å². The topological polar surface area (TPSA) is 68.2 Å². The third kappa shape index (κ3) is 4.74. The Morgan fingerprint density at radius 3 is 1.94 bits per heavy atom. The van der Waals surface area contributed by atoms with Gasteiger partial charge in [-0.25, -0.2) is 0 Å². The number of benzene rings is 2. The Morgan fingerprint density at radius 2 is 1.47 bits per heavy atom. The molecule has 0 aliphatic rings. The minimum atomic E-state index is -0.423. The van der Waals surface area contributed by atoms with Crippen molar-refractivity contribution >= 4 is 5.91 Å². The average molecular weight is 433 g/mol. The summed E-state index contributed by atoms with van der Waals surface area (Å²) < 4.78 is 2.18. The maximum atomic E-state index is 12.2. The lowest BCUT2D eigenvalue weighted by atomic mass is 9.78. The SMILES string of the molecule is Cc1c(C(N)=O)cc(-c2cc(C(C)(C)C)c(O)c(C(C)(C)C)c2)n1CCc1ccccc1. The van der Waals surface area contributed by atoms with E-state index in [4.69, 9.17) is 5.73 Å². The van der Waals surface area contributed by atoms with Crippen molar-refractivity contribution in [2.24, 2.45) is 5.73 Å². The molecular weight excluding hydrogens is 396 g/mol. The Kier molecular flexibility index (Phi) is 6.28. The number of phenolic OH excluding ortho intramolecular Hbond substituents is 1. The van der Waals surface area contributed by atoms with Gasteiger partial charge in [0, 0.05) is 29.1 Å². The lowest BCUT2D eigenvalue weighted by molar-refractivity contribution is 0.0999. The monoisotopic (exact) mass is 432 g/mol. The summed E-state index contributed by atoms with van der Waals surface area (Å²) in [5.74, 6) is -0.0731. The summed E-state index contributed by atoms with van der Waals surface area (Å²) in [4.78, 5) is 12.2. The van der Waals surface area contributed by atoms with E-state index in [9.17, 15) is 9.90 Å². The molecule has 0 radical (unpaired) electrons. The number of nitrogens with two attached hydrogens (primary N) is 1. The highest BCUT2D eigenvalue weighted by atomic mass is 16.3. The van der Waals surface area contributed by atoms with E-state index in [0.717, 1.165) is 41.0 Å². The smallest absolute Gasteiger partial charge is 0.250 e. The average Bonchev–Trinajstić information content (AvgIpc) is 3.02. The van der Waals surface area contributed by atoms with Crippen molar-refractivity contribution in [2.45, 2.75) is 72.3 Å². The molecule has 3 aromatic rings. The molecule has 1 heterocycles. The number of aromatic nitrogens is 1. The maximum absolute atomic E-state index is 12.2. The number of amides is 1. The van der Waals surface area contributed by atoms with Crippen LogP contribution in [0, 0.1) is 6.92 Å². The summed E-state index contributed by atoms with van der Waals surface area (Å²) in [6, 6.07) is 16.3. The van der Waals surface area contributed by atoms with Gasteiger partial charge in [-0.05, 0) is 53.5 Å². The minimum absolute atomic E-state index is 0.233. The summed E-state index contributed by atoms with van der Waals surface area (Å²) in [5, 5.41) is 11.1. The predicted octanol–water partition coefficient (Wildman–Crippen LogP) is 6.11. The number of nitrogens with zero attached hydrogens (tertiary/aromatic N) is 1. The Morgan fingerprint density at radius 1 is 0.938 bits per heavy atom. The van der Waals surface area contributed by atoms with E-state index >= 15 is 0 Å². The number of carbonyl (C=O) groups is 1. The van der Waals surface area contributed by atoms with Crippen LogP contribution in [-0.4, -0.2) is 15.6 Å². The number of primary amides is 1. The zero-order valence-corrected chi connectivity index (χ0v) is 20.4. The molecule has 170 valence electrons. The van der Waals surface area contributed by atoms with E-state index < -0.39 is 5.91 Å². The number of hydrogen-bond acceptors (Lipinski definition) is 2. The third-order valence-corrected chi connectivity index (χ3v) is 6.12. The molecule has 0 fully saturated rings. The standard InChI is InChI=1S/C28H36N2O2/c1-18-21(26(29)32)17-24(30(18)14-13-19-11-9-8-10-12-19)20-15-22(27(2,3)4)25(31)23(16-20)28(5,6)7/h8-12,15-17,31H,13-14H2,1-7H3,(H2,29,32). The normalized spacial score (nSPS) is 12.2. The lowest BCUT2D eigenvalue weighted by Gasteiger charge is -2.28. The van der Waals surface area contributed by atoms with Crippen molar-refractivity contribution in [3.63, 3.8) is 0 Å². The van der Waals surface area contributed by atoms with Crippen LogP contribution in [0.2, 0.25) is 0 Å². The van der Waals surface area contributed by atoms with Gasteiger partial charge < -0.3 is 15.4 Å². The zero-order valence-electron chi connectivity index (χ0n) is 20.4. The van der Waals surface area contributed by atoms with E-state index in [1.165, 1.54) is 5.56 Å². The highest BCUT2D eigenvalue weighted by molar-refractivity contribution is 5.95. The summed E-state index contributed by atoms with van der Waals surface area (Å²) in [7, 11) is 0. The molecule has 0 atom stereocenters. The van der Waals surface area contributed by atoms with Crippen molar-refractivity contribution in [3.8, 4) is 17.0 Å². The van der Waals surface area contributed by atoms with E-state index in [-0.39, 0.29) is 10.8 Å². The molecule has 0 saturated carbocycles. The van der Waals surface area contributed by atoms with Gasteiger partial charge in [0.15, 0.2) is 0 Å². The lowest BCUT2D eigenvalue weighted by Crippen LogP contribution is -2.17. The van der Waals surface area contributed by atoms with E-state index in [1.54, 1.807) is 0 Å². The Hall–Kier alpha value is -3.01. The van der Waals surface area contributed by atoms with Crippen LogP contribution in [0.3, 0.4) is 0 Å². The second-order valence-corrected chi connectivity index (χ2v) is 10.7. The van der Waals surface area contributed by atoms with E-state index in [1.807, 2.05) is 31.2 Å². The molecule has 0 aliphatic heterocycles. The molecule has 0 bridgehead atoms. The summed E-state index contributed by atoms with van der Waals surface area (Å²) in [6.45, 7) is 15.3. The van der Waals surface area contributed by atoms with Gasteiger partial charge in [-0.3, -0.25) is 4.79 Å². The molecule has 0 unspecified atom stereocenters. The zero-order chi connectivity index (χ0) is 23.8. The Labute approximate surface area is 192 Å². The van der Waals surface area contributed by atoms with Crippen molar-refractivity contribution in [1.29, 1.82) is 0 Å². The molecule has 4 heteroatoms. The maximum Gasteiger partial charge on any atom is 0.250 e. The quantitative estimate of drug-likeness (QED) is 0.511. The van der Waals surface area contributed by atoms with Crippen LogP contribution in [0.4, 0.5) is 0 Å². The molecule has 0 aliphatic carbocycles. The summed E-state index contributed by atoms with van der Waals surface area (Å²) in [6.07, 6.45) is 0.845. The van der Waals surface area contributed by atoms with Crippen LogP contribution in [0.15, 0.2) is 48.5 Å². The highest BCUT2D eigenvalue weighted by Gasteiger charge is 2.28. The molecule has 4 nitrogen and oxygen atoms in total. The first-order chi connectivity index (χ1) is 14.8. The van der Waals surface area contributed by atoms with Crippen LogP contribution in [0.1, 0.15) is 74.3 Å². The minimum Gasteiger partial charge on any atom is -0.507 e. The van der Waals surface area contributed by atoms with Gasteiger partial charge in [-0.2, -0.15) is 0 Å². The first kappa shape index (κ1) is 23.6. The van der Waals surface area contributed by atoms with Gasteiger partial charge in [0.25, 0.3) is 5.91 Å². The van der Waals surface area contributed by atoms with Crippen LogP contribution in [-0.2, 0) is 23.8 Å². The Bertz CT molecular complexity index is 1090. The second-order valence-electron chi connectivity index (χ2n) is 10.7. The molecular formula is C28H36N2O2. The number of carbonyl (C=O) groups excluding carboxylic acids is 1. The van der Waals surface area contributed by atoms with Gasteiger partial charge in [-0.15, -0.1) is 0 Å². The van der Waals surface area contributed by atoms with Crippen molar-refractivity contribution in [2.75, 3.05) is 0 Å². The van der Waals surface area contributed by atoms with Gasteiger partial charge in [0.2, 0.25) is 0 Å².